The summed E-state index contributed by atoms with van der Waals surface area (Å²) >= 11 is 0. The number of aryl methyl sites for hydroxylation is 1. The van der Waals surface area contributed by atoms with Crippen LogP contribution in [0.2, 0.25) is 0 Å². The van der Waals surface area contributed by atoms with Gasteiger partial charge < -0.3 is 10.1 Å². The van der Waals surface area contributed by atoms with Gasteiger partial charge in [0.05, 0.1) is 23.6 Å². The van der Waals surface area contributed by atoms with Crippen molar-refractivity contribution in [3.8, 4) is 5.75 Å². The number of fused-ring (bicyclic) bond motifs is 2. The molecule has 2 aromatic carbocycles. The number of rotatable bonds is 4. The molecule has 1 atom stereocenters. The van der Waals surface area contributed by atoms with Gasteiger partial charge in [0, 0.05) is 23.1 Å². The van der Waals surface area contributed by atoms with Crippen molar-refractivity contribution in [2.24, 2.45) is 0 Å². The molecule has 0 unspecified atom stereocenters. The molecule has 6 heteroatoms. The summed E-state index contributed by atoms with van der Waals surface area (Å²) in [7, 11) is 1.69. The fourth-order valence-corrected chi connectivity index (χ4v) is 3.45. The molecule has 6 nitrogen and oxygen atoms in total. The molecule has 3 aromatic rings. The maximum Gasteiger partial charge on any atom is 0.270 e. The molecule has 0 spiro atoms. The number of hydrogen-bond donors (Lipinski definition) is 1. The van der Waals surface area contributed by atoms with Gasteiger partial charge in [0.15, 0.2) is 0 Å². The number of pyridine rings is 1. The van der Waals surface area contributed by atoms with Crippen LogP contribution in [0.4, 0.5) is 11.5 Å². The second kappa shape index (κ2) is 6.05. The van der Waals surface area contributed by atoms with Crippen molar-refractivity contribution < 1.29 is 9.66 Å². The number of ether oxygens (including phenoxy) is 1. The highest BCUT2D eigenvalue weighted by molar-refractivity contribution is 5.82. The van der Waals surface area contributed by atoms with Gasteiger partial charge in [0.1, 0.15) is 11.6 Å². The third kappa shape index (κ3) is 2.76. The Hall–Kier alpha value is -3.15. The molecule has 0 fully saturated rings. The molecular weight excluding hydrogens is 318 g/mol. The number of non-ortho nitro benzene ring substituents is 1. The predicted molar refractivity (Wildman–Crippen MR) is 96.1 cm³/mol. The third-order valence-corrected chi connectivity index (χ3v) is 4.63. The van der Waals surface area contributed by atoms with E-state index in [1.165, 1.54) is 17.2 Å². The minimum absolute atomic E-state index is 0.0736. The Bertz CT molecular complexity index is 971. The minimum Gasteiger partial charge on any atom is -0.496 e. The topological polar surface area (TPSA) is 77.3 Å². The van der Waals surface area contributed by atoms with Crippen LogP contribution in [0.1, 0.15) is 23.6 Å². The van der Waals surface area contributed by atoms with Crippen molar-refractivity contribution in [1.29, 1.82) is 0 Å². The number of aromatic nitrogens is 1. The van der Waals surface area contributed by atoms with Crippen LogP contribution in [0, 0.1) is 10.1 Å². The monoisotopic (exact) mass is 335 g/mol. The number of nitrogens with one attached hydrogen (secondary N) is 1. The van der Waals surface area contributed by atoms with Crippen LogP contribution in [0.15, 0.2) is 48.5 Å². The molecule has 1 aliphatic rings. The Kier molecular flexibility index (Phi) is 3.72. The largest absolute Gasteiger partial charge is 0.496 e. The van der Waals surface area contributed by atoms with E-state index in [0.29, 0.717) is 0 Å². The zero-order valence-corrected chi connectivity index (χ0v) is 13.7. The van der Waals surface area contributed by atoms with Gasteiger partial charge in [0.2, 0.25) is 0 Å². The normalized spacial score (nSPS) is 15.8. The maximum atomic E-state index is 10.9. The molecule has 1 aromatic heterocycles. The van der Waals surface area contributed by atoms with Crippen LogP contribution in [0.5, 0.6) is 5.75 Å². The van der Waals surface area contributed by atoms with Crippen LogP contribution >= 0.6 is 0 Å². The van der Waals surface area contributed by atoms with Gasteiger partial charge in [-0.25, -0.2) is 4.98 Å². The summed E-state index contributed by atoms with van der Waals surface area (Å²) in [5, 5.41) is 15.1. The molecule has 1 heterocycles. The van der Waals surface area contributed by atoms with Crippen molar-refractivity contribution in [1.82, 2.24) is 4.98 Å². The van der Waals surface area contributed by atoms with Crippen LogP contribution in [0.25, 0.3) is 10.9 Å². The molecule has 1 N–H and O–H groups in total. The van der Waals surface area contributed by atoms with Crippen LogP contribution in [0.3, 0.4) is 0 Å². The van der Waals surface area contributed by atoms with E-state index >= 15 is 0 Å². The van der Waals surface area contributed by atoms with Crippen LogP contribution in [-0.4, -0.2) is 17.0 Å². The highest BCUT2D eigenvalue weighted by Crippen LogP contribution is 2.39. The van der Waals surface area contributed by atoms with E-state index in [0.717, 1.165) is 35.3 Å². The smallest absolute Gasteiger partial charge is 0.270 e. The molecule has 0 aliphatic heterocycles. The lowest BCUT2D eigenvalue weighted by molar-refractivity contribution is -0.384. The molecule has 0 radical (unpaired) electrons. The Morgan fingerprint density at radius 1 is 1.24 bits per heavy atom. The van der Waals surface area contributed by atoms with Gasteiger partial charge in [-0.05, 0) is 42.7 Å². The lowest BCUT2D eigenvalue weighted by Crippen LogP contribution is -2.09. The summed E-state index contributed by atoms with van der Waals surface area (Å²) < 4.78 is 5.51. The first-order chi connectivity index (χ1) is 12.2. The molecule has 0 bridgehead atoms. The lowest BCUT2D eigenvalue weighted by Gasteiger charge is -2.17. The predicted octanol–water partition coefficient (Wildman–Crippen LogP) is 4.25. The number of benzene rings is 2. The van der Waals surface area contributed by atoms with Crippen molar-refractivity contribution in [2.45, 2.75) is 18.9 Å². The number of nitro groups is 1. The van der Waals surface area contributed by atoms with Crippen LogP contribution < -0.4 is 10.1 Å². The summed E-state index contributed by atoms with van der Waals surface area (Å²) in [6.45, 7) is 0. The van der Waals surface area contributed by atoms with Crippen LogP contribution in [-0.2, 0) is 6.42 Å². The second-order valence-electron chi connectivity index (χ2n) is 6.10. The maximum absolute atomic E-state index is 10.9. The van der Waals surface area contributed by atoms with Gasteiger partial charge in [-0.1, -0.05) is 12.1 Å². The minimum atomic E-state index is -0.395. The van der Waals surface area contributed by atoms with E-state index in [4.69, 9.17) is 4.74 Å². The lowest BCUT2D eigenvalue weighted by atomic mass is 10.1. The first-order valence-corrected chi connectivity index (χ1v) is 8.13. The summed E-state index contributed by atoms with van der Waals surface area (Å²) in [5.74, 6) is 1.65. The van der Waals surface area contributed by atoms with E-state index in [2.05, 4.69) is 16.4 Å². The van der Waals surface area contributed by atoms with Gasteiger partial charge in [-0.15, -0.1) is 0 Å². The Balaban J connectivity index is 1.65. The van der Waals surface area contributed by atoms with Crippen molar-refractivity contribution in [3.63, 3.8) is 0 Å². The quantitative estimate of drug-likeness (QED) is 0.569. The van der Waals surface area contributed by atoms with E-state index in [-0.39, 0.29) is 11.7 Å². The number of nitrogens with zero attached hydrogens (tertiary/aromatic N) is 2. The number of nitro benzene ring substituents is 1. The van der Waals surface area contributed by atoms with E-state index in [9.17, 15) is 10.1 Å². The molecule has 0 saturated heterocycles. The van der Waals surface area contributed by atoms with Gasteiger partial charge in [-0.3, -0.25) is 10.1 Å². The summed E-state index contributed by atoms with van der Waals surface area (Å²) in [4.78, 5) is 15.1. The molecule has 0 saturated carbocycles. The van der Waals surface area contributed by atoms with Gasteiger partial charge in [0.25, 0.3) is 5.69 Å². The fourth-order valence-electron chi connectivity index (χ4n) is 3.45. The third-order valence-electron chi connectivity index (χ3n) is 4.63. The number of hydrogen-bond acceptors (Lipinski definition) is 5. The Morgan fingerprint density at radius 3 is 2.92 bits per heavy atom. The highest BCUT2D eigenvalue weighted by Gasteiger charge is 2.26. The first kappa shape index (κ1) is 15.4. The molecule has 25 heavy (non-hydrogen) atoms. The highest BCUT2D eigenvalue weighted by atomic mass is 16.6. The molecule has 4 rings (SSSR count). The van der Waals surface area contributed by atoms with E-state index in [1.807, 2.05) is 24.3 Å². The van der Waals surface area contributed by atoms with Gasteiger partial charge in [-0.2, -0.15) is 0 Å². The average molecular weight is 335 g/mol. The number of methoxy groups -OCH3 is 1. The summed E-state index contributed by atoms with van der Waals surface area (Å²) in [6.07, 6.45) is 1.99. The van der Waals surface area contributed by atoms with E-state index in [1.54, 1.807) is 19.2 Å². The van der Waals surface area contributed by atoms with E-state index < -0.39 is 4.92 Å². The molecular formula is C19H17N3O3. The Morgan fingerprint density at radius 2 is 2.12 bits per heavy atom. The second-order valence-corrected chi connectivity index (χ2v) is 6.10. The SMILES string of the molecule is COc1cccc2c1[C@@H](Nc1ccc3cc([N+](=O)[O-])ccc3n1)CC2. The first-order valence-electron chi connectivity index (χ1n) is 8.13. The van der Waals surface area contributed by atoms with Gasteiger partial charge >= 0.3 is 0 Å². The standard InChI is InChI=1S/C19H17N3O3/c1-25-17-4-2-3-12-5-8-16(19(12)17)21-18-10-6-13-11-14(22(23)24)7-9-15(13)20-18/h2-4,6-7,9-11,16H,5,8H2,1H3,(H,20,21)/t16-/m0/s1. The Labute approximate surface area is 144 Å². The molecule has 0 amide bonds. The van der Waals surface area contributed by atoms with Crippen molar-refractivity contribution in [3.05, 3.63) is 69.8 Å². The van der Waals surface area contributed by atoms with Crippen molar-refractivity contribution >= 4 is 22.4 Å². The zero-order valence-electron chi connectivity index (χ0n) is 13.7. The molecule has 1 aliphatic carbocycles. The van der Waals surface area contributed by atoms with Crippen molar-refractivity contribution in [2.75, 3.05) is 12.4 Å². The zero-order chi connectivity index (χ0) is 17.4. The molecule has 126 valence electrons. The fraction of sp³-hybridized carbons (Fsp3) is 0.211. The summed E-state index contributed by atoms with van der Waals surface area (Å²) in [5.41, 5.74) is 3.29. The summed E-state index contributed by atoms with van der Waals surface area (Å²) in [6, 6.07) is 14.7. The number of anilines is 1. The average Bonchev–Trinajstić information content (AvgIpc) is 3.04.